The molecule has 122 valence electrons. The molecule has 0 radical (unpaired) electrons. The van der Waals surface area contributed by atoms with Crippen molar-refractivity contribution in [3.63, 3.8) is 0 Å². The summed E-state index contributed by atoms with van der Waals surface area (Å²) in [6.07, 6.45) is 1.57. The maximum atomic E-state index is 12.9. The molecule has 0 N–H and O–H groups in total. The van der Waals surface area contributed by atoms with E-state index >= 15 is 0 Å². The van der Waals surface area contributed by atoms with Crippen LogP contribution in [0, 0.1) is 6.92 Å². The summed E-state index contributed by atoms with van der Waals surface area (Å²) in [4.78, 5) is 4.24. The van der Waals surface area contributed by atoms with Gasteiger partial charge in [0.05, 0.1) is 4.90 Å². The first-order chi connectivity index (χ1) is 11.5. The van der Waals surface area contributed by atoms with E-state index in [0.29, 0.717) is 10.9 Å². The van der Waals surface area contributed by atoms with Crippen molar-refractivity contribution in [1.82, 2.24) is 4.98 Å². The van der Waals surface area contributed by atoms with Crippen molar-refractivity contribution in [2.45, 2.75) is 16.7 Å². The second-order valence-corrected chi connectivity index (χ2v) is 7.53. The van der Waals surface area contributed by atoms with E-state index < -0.39 is 9.84 Å². The molecule has 0 aliphatic heterocycles. The minimum Gasteiger partial charge on any atom is -0.438 e. The van der Waals surface area contributed by atoms with Crippen LogP contribution < -0.4 is 4.74 Å². The largest absolute Gasteiger partial charge is 0.438 e. The predicted octanol–water partition coefficient (Wildman–Crippen LogP) is 4.67. The number of benzene rings is 2. The lowest BCUT2D eigenvalue weighted by Crippen LogP contribution is -2.04. The van der Waals surface area contributed by atoms with Gasteiger partial charge >= 0.3 is 0 Å². The summed E-state index contributed by atoms with van der Waals surface area (Å²) in [5, 5.41) is 0.314. The minimum atomic E-state index is -3.77. The van der Waals surface area contributed by atoms with Gasteiger partial charge in [-0.3, -0.25) is 0 Å². The normalized spacial score (nSPS) is 11.2. The lowest BCUT2D eigenvalue weighted by atomic mass is 10.2. The third-order valence-corrected chi connectivity index (χ3v) is 5.40. The van der Waals surface area contributed by atoms with Crippen molar-refractivity contribution in [3.8, 4) is 11.6 Å². The number of sulfone groups is 1. The first kappa shape index (κ1) is 16.5. The van der Waals surface area contributed by atoms with Gasteiger partial charge in [0.1, 0.15) is 10.6 Å². The smallest absolute Gasteiger partial charge is 0.219 e. The molecule has 0 fully saturated rings. The summed E-state index contributed by atoms with van der Waals surface area (Å²) >= 11 is 6.00. The Balaban J connectivity index is 2.09. The van der Waals surface area contributed by atoms with Crippen LogP contribution in [-0.4, -0.2) is 13.4 Å². The Morgan fingerprint density at radius 3 is 2.42 bits per heavy atom. The second-order valence-electron chi connectivity index (χ2n) is 5.18. The van der Waals surface area contributed by atoms with E-state index in [1.54, 1.807) is 54.7 Å². The number of aryl methyl sites for hydroxylation is 1. The van der Waals surface area contributed by atoms with Crippen LogP contribution in [0.15, 0.2) is 76.7 Å². The van der Waals surface area contributed by atoms with Crippen molar-refractivity contribution in [1.29, 1.82) is 0 Å². The highest BCUT2D eigenvalue weighted by Gasteiger charge is 2.23. The van der Waals surface area contributed by atoms with E-state index in [0.717, 1.165) is 5.56 Å². The lowest BCUT2D eigenvalue weighted by molar-refractivity contribution is 0.449. The lowest BCUT2D eigenvalue weighted by Gasteiger charge is -2.12. The third-order valence-electron chi connectivity index (χ3n) is 3.38. The van der Waals surface area contributed by atoms with E-state index in [9.17, 15) is 8.42 Å². The van der Waals surface area contributed by atoms with Crippen LogP contribution in [0.5, 0.6) is 11.6 Å². The van der Waals surface area contributed by atoms with Crippen LogP contribution >= 0.6 is 11.6 Å². The van der Waals surface area contributed by atoms with E-state index in [-0.39, 0.29) is 15.5 Å². The van der Waals surface area contributed by atoms with E-state index in [4.69, 9.17) is 16.3 Å². The van der Waals surface area contributed by atoms with Crippen LogP contribution in [0.2, 0.25) is 5.02 Å². The van der Waals surface area contributed by atoms with Crippen molar-refractivity contribution in [2.24, 2.45) is 0 Å². The van der Waals surface area contributed by atoms with Crippen LogP contribution in [0.4, 0.5) is 0 Å². The zero-order valence-corrected chi connectivity index (χ0v) is 14.4. The van der Waals surface area contributed by atoms with Gasteiger partial charge in [0, 0.05) is 17.3 Å². The Kier molecular flexibility index (Phi) is 4.55. The molecule has 1 heterocycles. The second kappa shape index (κ2) is 6.63. The molecule has 0 atom stereocenters. The summed E-state index contributed by atoms with van der Waals surface area (Å²) in [5.41, 5.74) is 0.977. The van der Waals surface area contributed by atoms with Crippen molar-refractivity contribution in [2.75, 3.05) is 0 Å². The van der Waals surface area contributed by atoms with Crippen molar-refractivity contribution < 1.29 is 13.2 Å². The molecular formula is C18H14ClNO3S. The minimum absolute atomic E-state index is 0.00417. The maximum absolute atomic E-state index is 12.9. The number of rotatable bonds is 4. The molecule has 6 heteroatoms. The van der Waals surface area contributed by atoms with Crippen LogP contribution in [0.3, 0.4) is 0 Å². The summed E-state index contributed by atoms with van der Waals surface area (Å²) < 4.78 is 31.5. The Morgan fingerprint density at radius 1 is 1.00 bits per heavy atom. The van der Waals surface area contributed by atoms with Gasteiger partial charge in [0.2, 0.25) is 15.7 Å². The fraction of sp³-hybridized carbons (Fsp3) is 0.0556. The molecule has 0 bridgehead atoms. The molecule has 1 aromatic heterocycles. The number of hydrogen-bond donors (Lipinski definition) is 0. The first-order valence-corrected chi connectivity index (χ1v) is 9.03. The Hall–Kier alpha value is -2.37. The van der Waals surface area contributed by atoms with Gasteiger partial charge in [0.25, 0.3) is 0 Å². The molecule has 4 nitrogen and oxygen atoms in total. The molecule has 3 aromatic rings. The standard InChI is InChI=1S/C18H14ClNO3S/c1-13-5-8-15(9-6-13)24(21,22)17-12-14(19)7-10-16(17)23-18-4-2-3-11-20-18/h2-12H,1H3. The Bertz CT molecular complexity index is 955. The molecule has 0 amide bonds. The average molecular weight is 360 g/mol. The van der Waals surface area contributed by atoms with E-state index in [1.807, 2.05) is 6.92 Å². The number of pyridine rings is 1. The third kappa shape index (κ3) is 3.42. The van der Waals surface area contributed by atoms with Gasteiger partial charge in [0.15, 0.2) is 0 Å². The summed E-state index contributed by atoms with van der Waals surface area (Å²) in [7, 11) is -3.77. The van der Waals surface area contributed by atoms with Gasteiger partial charge in [-0.1, -0.05) is 35.4 Å². The molecule has 2 aromatic carbocycles. The Labute approximate surface area is 145 Å². The summed E-state index contributed by atoms with van der Waals surface area (Å²) in [6.45, 7) is 1.89. The quantitative estimate of drug-likeness (QED) is 0.679. The number of ether oxygens (including phenoxy) is 1. The fourth-order valence-electron chi connectivity index (χ4n) is 2.14. The van der Waals surface area contributed by atoms with Gasteiger partial charge in [-0.25, -0.2) is 13.4 Å². The monoisotopic (exact) mass is 359 g/mol. The number of hydrogen-bond acceptors (Lipinski definition) is 4. The van der Waals surface area contributed by atoms with E-state index in [2.05, 4.69) is 4.98 Å². The molecule has 24 heavy (non-hydrogen) atoms. The highest BCUT2D eigenvalue weighted by atomic mass is 35.5. The molecule has 0 unspecified atom stereocenters. The van der Waals surface area contributed by atoms with Gasteiger partial charge < -0.3 is 4.74 Å². The molecule has 3 rings (SSSR count). The zero-order chi connectivity index (χ0) is 17.2. The van der Waals surface area contributed by atoms with E-state index in [1.165, 1.54) is 12.1 Å². The highest BCUT2D eigenvalue weighted by Crippen LogP contribution is 2.34. The fourth-order valence-corrected chi connectivity index (χ4v) is 3.78. The van der Waals surface area contributed by atoms with Gasteiger partial charge in [-0.2, -0.15) is 0 Å². The van der Waals surface area contributed by atoms with Gasteiger partial charge in [-0.15, -0.1) is 0 Å². The first-order valence-electron chi connectivity index (χ1n) is 7.17. The Morgan fingerprint density at radius 2 is 1.75 bits per heavy atom. The average Bonchev–Trinajstić information content (AvgIpc) is 2.58. The number of halogens is 1. The molecular weight excluding hydrogens is 346 g/mol. The van der Waals surface area contributed by atoms with Crippen LogP contribution in [0.1, 0.15) is 5.56 Å². The summed E-state index contributed by atoms with van der Waals surface area (Å²) in [6, 6.07) is 16.3. The van der Waals surface area contributed by atoms with Crippen molar-refractivity contribution in [3.05, 3.63) is 77.4 Å². The topological polar surface area (TPSA) is 56.3 Å². The highest BCUT2D eigenvalue weighted by molar-refractivity contribution is 7.91. The number of aromatic nitrogens is 1. The van der Waals surface area contributed by atoms with Crippen LogP contribution in [0.25, 0.3) is 0 Å². The molecule has 0 saturated heterocycles. The maximum Gasteiger partial charge on any atom is 0.219 e. The van der Waals surface area contributed by atoms with Crippen molar-refractivity contribution >= 4 is 21.4 Å². The molecule has 0 aliphatic rings. The summed E-state index contributed by atoms with van der Waals surface area (Å²) in [5.74, 6) is 0.485. The van der Waals surface area contributed by atoms with Gasteiger partial charge in [-0.05, 0) is 43.3 Å². The molecule has 0 spiro atoms. The number of nitrogens with zero attached hydrogens (tertiary/aromatic N) is 1. The SMILES string of the molecule is Cc1ccc(S(=O)(=O)c2cc(Cl)ccc2Oc2ccccn2)cc1. The molecule has 0 aliphatic carbocycles. The van der Waals surface area contributed by atoms with Crippen LogP contribution in [-0.2, 0) is 9.84 Å². The zero-order valence-electron chi connectivity index (χ0n) is 12.8. The predicted molar refractivity (Wildman–Crippen MR) is 92.4 cm³/mol. The molecule has 0 saturated carbocycles.